The molecule has 3 nitrogen and oxygen atoms in total. The van der Waals surface area contributed by atoms with Crippen LogP contribution < -0.4 is 9.72 Å². The third kappa shape index (κ3) is 2.92. The number of aryl methyl sites for hydroxylation is 1. The van der Waals surface area contributed by atoms with Crippen LogP contribution in [-0.2, 0) is 6.61 Å². The number of aromatic amines is 2. The van der Waals surface area contributed by atoms with Crippen LogP contribution in [0.15, 0.2) is 42.5 Å². The van der Waals surface area contributed by atoms with Crippen molar-refractivity contribution in [1.29, 1.82) is 0 Å². The Morgan fingerprint density at radius 2 is 1.95 bits per heavy atom. The maximum Gasteiger partial charge on any atom is 0.291 e. The minimum absolute atomic E-state index is 0.451. The molecular formula is C18H21N2O+. The van der Waals surface area contributed by atoms with Gasteiger partial charge < -0.3 is 4.74 Å². The number of nitrogens with one attached hydrogen (secondary N) is 2. The SMILES string of the molecule is Cc1ccc(C(C)C)c(OCc2[nH]c3ccccc3[nH+]2)c1. The van der Waals surface area contributed by atoms with E-state index in [0.717, 1.165) is 22.6 Å². The molecule has 1 aromatic heterocycles. The maximum atomic E-state index is 6.03. The summed E-state index contributed by atoms with van der Waals surface area (Å²) in [5, 5.41) is 0. The molecule has 3 heteroatoms. The van der Waals surface area contributed by atoms with Gasteiger partial charge in [0.05, 0.1) is 0 Å². The first-order valence-electron chi connectivity index (χ1n) is 7.36. The highest BCUT2D eigenvalue weighted by Crippen LogP contribution is 2.27. The fourth-order valence-corrected chi connectivity index (χ4v) is 2.52. The van der Waals surface area contributed by atoms with Crippen LogP contribution in [0.1, 0.15) is 36.7 Å². The Morgan fingerprint density at radius 3 is 2.71 bits per heavy atom. The van der Waals surface area contributed by atoms with Gasteiger partial charge in [-0.3, -0.25) is 0 Å². The molecule has 3 rings (SSSR count). The summed E-state index contributed by atoms with van der Waals surface area (Å²) in [6.07, 6.45) is 0. The molecule has 2 N–H and O–H groups in total. The Kier molecular flexibility index (Phi) is 3.65. The Morgan fingerprint density at radius 1 is 1.14 bits per heavy atom. The van der Waals surface area contributed by atoms with E-state index < -0.39 is 0 Å². The predicted octanol–water partition coefficient (Wildman–Crippen LogP) is 3.99. The lowest BCUT2D eigenvalue weighted by Gasteiger charge is -2.13. The van der Waals surface area contributed by atoms with Gasteiger partial charge in [0.2, 0.25) is 0 Å². The van der Waals surface area contributed by atoms with Crippen molar-refractivity contribution in [2.24, 2.45) is 0 Å². The van der Waals surface area contributed by atoms with E-state index in [1.807, 2.05) is 12.1 Å². The summed E-state index contributed by atoms with van der Waals surface area (Å²) in [7, 11) is 0. The molecule has 108 valence electrons. The molecule has 0 amide bonds. The van der Waals surface area contributed by atoms with Gasteiger partial charge in [-0.05, 0) is 42.2 Å². The molecular weight excluding hydrogens is 260 g/mol. The van der Waals surface area contributed by atoms with E-state index in [9.17, 15) is 0 Å². The smallest absolute Gasteiger partial charge is 0.291 e. The number of H-pyrrole nitrogens is 2. The summed E-state index contributed by atoms with van der Waals surface area (Å²) < 4.78 is 6.03. The Labute approximate surface area is 125 Å². The Bertz CT molecular complexity index is 726. The lowest BCUT2D eigenvalue weighted by molar-refractivity contribution is -0.362. The van der Waals surface area contributed by atoms with Crippen LogP contribution in [0, 0.1) is 6.92 Å². The maximum absolute atomic E-state index is 6.03. The molecule has 0 saturated heterocycles. The number of ether oxygens (including phenoxy) is 1. The lowest BCUT2D eigenvalue weighted by atomic mass is 10.0. The molecule has 0 aliphatic rings. The van der Waals surface area contributed by atoms with Crippen molar-refractivity contribution in [3.8, 4) is 5.75 Å². The van der Waals surface area contributed by atoms with Gasteiger partial charge >= 0.3 is 0 Å². The molecule has 2 aromatic carbocycles. The minimum Gasteiger partial charge on any atom is -0.481 e. The predicted molar refractivity (Wildman–Crippen MR) is 84.5 cm³/mol. The summed E-state index contributed by atoms with van der Waals surface area (Å²) in [6.45, 7) is 6.98. The van der Waals surface area contributed by atoms with Crippen molar-refractivity contribution in [1.82, 2.24) is 4.98 Å². The third-order valence-electron chi connectivity index (χ3n) is 3.66. The van der Waals surface area contributed by atoms with Crippen molar-refractivity contribution in [3.63, 3.8) is 0 Å². The number of rotatable bonds is 4. The quantitative estimate of drug-likeness (QED) is 0.771. The van der Waals surface area contributed by atoms with Crippen molar-refractivity contribution in [2.75, 3.05) is 0 Å². The molecule has 0 spiro atoms. The van der Waals surface area contributed by atoms with Gasteiger partial charge in [-0.15, -0.1) is 0 Å². The normalized spacial score (nSPS) is 11.2. The fourth-order valence-electron chi connectivity index (χ4n) is 2.52. The molecule has 1 heterocycles. The highest BCUT2D eigenvalue weighted by molar-refractivity contribution is 5.70. The van der Waals surface area contributed by atoms with Gasteiger partial charge in [0.15, 0.2) is 17.6 Å². The Balaban J connectivity index is 1.82. The molecule has 0 bridgehead atoms. The van der Waals surface area contributed by atoms with Gasteiger partial charge in [-0.25, -0.2) is 9.97 Å². The number of benzene rings is 2. The standard InChI is InChI=1S/C18H20N2O/c1-12(2)14-9-8-13(3)10-17(14)21-11-18-19-15-6-4-5-7-16(15)20-18/h4-10,12H,11H2,1-3H3,(H,19,20)/p+1. The minimum atomic E-state index is 0.451. The van der Waals surface area contributed by atoms with Crippen LogP contribution in [-0.4, -0.2) is 4.98 Å². The molecule has 0 unspecified atom stereocenters. The lowest BCUT2D eigenvalue weighted by Crippen LogP contribution is -2.11. The van der Waals surface area contributed by atoms with E-state index in [1.165, 1.54) is 11.1 Å². The number of para-hydroxylation sites is 2. The topological polar surface area (TPSA) is 39.2 Å². The van der Waals surface area contributed by atoms with Gasteiger partial charge in [-0.1, -0.05) is 38.1 Å². The zero-order valence-corrected chi connectivity index (χ0v) is 12.7. The number of hydrogen-bond acceptors (Lipinski definition) is 1. The summed E-state index contributed by atoms with van der Waals surface area (Å²) in [6, 6.07) is 14.6. The van der Waals surface area contributed by atoms with Crippen molar-refractivity contribution >= 4 is 11.0 Å². The molecule has 0 saturated carbocycles. The molecule has 0 aliphatic heterocycles. The summed E-state index contributed by atoms with van der Waals surface area (Å²) in [5.74, 6) is 2.40. The van der Waals surface area contributed by atoms with Gasteiger partial charge in [0.1, 0.15) is 5.75 Å². The molecule has 0 fully saturated rings. The van der Waals surface area contributed by atoms with Gasteiger partial charge in [0.25, 0.3) is 5.82 Å². The average Bonchev–Trinajstić information content (AvgIpc) is 2.87. The third-order valence-corrected chi connectivity index (χ3v) is 3.66. The van der Waals surface area contributed by atoms with E-state index in [1.54, 1.807) is 0 Å². The van der Waals surface area contributed by atoms with Crippen LogP contribution >= 0.6 is 0 Å². The van der Waals surface area contributed by atoms with Gasteiger partial charge in [0, 0.05) is 0 Å². The molecule has 0 aliphatic carbocycles. The number of imidazole rings is 1. The van der Waals surface area contributed by atoms with E-state index in [2.05, 4.69) is 61.1 Å². The monoisotopic (exact) mass is 281 g/mol. The fraction of sp³-hybridized carbons (Fsp3) is 0.278. The molecule has 21 heavy (non-hydrogen) atoms. The number of fused-ring (bicyclic) bond motifs is 1. The van der Waals surface area contributed by atoms with E-state index >= 15 is 0 Å². The Hall–Kier alpha value is -2.29. The molecule has 0 radical (unpaired) electrons. The average molecular weight is 281 g/mol. The molecule has 0 atom stereocenters. The zero-order chi connectivity index (χ0) is 14.8. The van der Waals surface area contributed by atoms with Crippen molar-refractivity contribution in [3.05, 3.63) is 59.4 Å². The first-order valence-corrected chi connectivity index (χ1v) is 7.36. The van der Waals surface area contributed by atoms with Crippen molar-refractivity contribution < 1.29 is 9.72 Å². The largest absolute Gasteiger partial charge is 0.481 e. The second-order valence-electron chi connectivity index (χ2n) is 5.76. The summed E-state index contributed by atoms with van der Waals surface area (Å²) >= 11 is 0. The highest BCUT2D eigenvalue weighted by Gasteiger charge is 2.12. The highest BCUT2D eigenvalue weighted by atomic mass is 16.5. The van der Waals surface area contributed by atoms with Crippen LogP contribution in [0.25, 0.3) is 11.0 Å². The van der Waals surface area contributed by atoms with Crippen molar-refractivity contribution in [2.45, 2.75) is 33.3 Å². The van der Waals surface area contributed by atoms with E-state index in [4.69, 9.17) is 4.74 Å². The number of aromatic nitrogens is 2. The first kappa shape index (κ1) is 13.7. The first-order chi connectivity index (χ1) is 10.1. The van der Waals surface area contributed by atoms with E-state index in [0.29, 0.717) is 12.5 Å². The van der Waals surface area contributed by atoms with Gasteiger partial charge in [-0.2, -0.15) is 0 Å². The van der Waals surface area contributed by atoms with Crippen LogP contribution in [0.2, 0.25) is 0 Å². The second kappa shape index (κ2) is 5.60. The molecule has 3 aromatic rings. The van der Waals surface area contributed by atoms with Crippen LogP contribution in [0.3, 0.4) is 0 Å². The summed E-state index contributed by atoms with van der Waals surface area (Å²) in [4.78, 5) is 6.70. The van der Waals surface area contributed by atoms with Crippen LogP contribution in [0.4, 0.5) is 0 Å². The van der Waals surface area contributed by atoms with E-state index in [-0.39, 0.29) is 0 Å². The zero-order valence-electron chi connectivity index (χ0n) is 12.7. The summed E-state index contributed by atoms with van der Waals surface area (Å²) in [5.41, 5.74) is 4.67. The van der Waals surface area contributed by atoms with Crippen LogP contribution in [0.5, 0.6) is 5.75 Å². The number of hydrogen-bond donors (Lipinski definition) is 1. The second-order valence-corrected chi connectivity index (χ2v) is 5.76.